The Kier molecular flexibility index (Phi) is 3.03. The van der Waals surface area contributed by atoms with Crippen molar-refractivity contribution in [3.63, 3.8) is 0 Å². The van der Waals surface area contributed by atoms with E-state index in [9.17, 15) is 0 Å². The van der Waals surface area contributed by atoms with Crippen molar-refractivity contribution in [2.75, 3.05) is 30.8 Å². The first-order valence-electron chi connectivity index (χ1n) is 6.17. The van der Waals surface area contributed by atoms with Crippen molar-refractivity contribution in [3.8, 4) is 0 Å². The highest BCUT2D eigenvalue weighted by atomic mass is 15.4. The molecule has 0 spiro atoms. The quantitative estimate of drug-likeness (QED) is 0.786. The highest BCUT2D eigenvalue weighted by Crippen LogP contribution is 2.28. The number of anilines is 2. The third kappa shape index (κ3) is 1.99. The number of hydrogen-bond donors (Lipinski definition) is 1. The molecule has 1 aliphatic heterocycles. The summed E-state index contributed by atoms with van der Waals surface area (Å²) in [4.78, 5) is 4.76. The maximum atomic E-state index is 6.12. The number of nitrogens with two attached hydrogens (primary N) is 1. The number of nitrogens with zero attached hydrogens (tertiary/aromatic N) is 4. The monoisotopic (exact) mass is 237 g/mol. The van der Waals surface area contributed by atoms with Gasteiger partial charge in [0.15, 0.2) is 5.82 Å². The van der Waals surface area contributed by atoms with Crippen LogP contribution < -0.4 is 10.6 Å². The predicted octanol–water partition coefficient (Wildman–Crippen LogP) is 0.840. The third-order valence-corrected chi connectivity index (χ3v) is 3.90. The molecule has 2 N–H and O–H groups in total. The summed E-state index contributed by atoms with van der Waals surface area (Å²) in [6.45, 7) is 8.47. The van der Waals surface area contributed by atoms with Gasteiger partial charge in [0.25, 0.3) is 0 Å². The second-order valence-corrected chi connectivity index (χ2v) is 5.21. The van der Waals surface area contributed by atoms with Crippen LogP contribution in [0.15, 0.2) is 0 Å². The van der Waals surface area contributed by atoms with Gasteiger partial charge in [-0.25, -0.2) is 0 Å². The van der Waals surface area contributed by atoms with Gasteiger partial charge in [0.1, 0.15) is 0 Å². The largest absolute Gasteiger partial charge is 0.394 e. The van der Waals surface area contributed by atoms with E-state index in [0.29, 0.717) is 12.1 Å². The van der Waals surface area contributed by atoms with Crippen LogP contribution in [0.25, 0.3) is 0 Å². The summed E-state index contributed by atoms with van der Waals surface area (Å²) < 4.78 is 1.90. The zero-order valence-electron chi connectivity index (χ0n) is 11.4. The summed E-state index contributed by atoms with van der Waals surface area (Å²) in [5.74, 6) is 1.06. The molecule has 1 aromatic rings. The highest BCUT2D eigenvalue weighted by Gasteiger charge is 2.29. The Morgan fingerprint density at radius 3 is 2.12 bits per heavy atom. The molecule has 0 saturated carbocycles. The van der Waals surface area contributed by atoms with Gasteiger partial charge < -0.3 is 10.6 Å². The maximum Gasteiger partial charge on any atom is 0.150 e. The molecule has 1 fully saturated rings. The lowest BCUT2D eigenvalue weighted by Crippen LogP contribution is -2.55. The molecule has 2 heterocycles. The fourth-order valence-corrected chi connectivity index (χ4v) is 2.61. The Balaban J connectivity index is 2.29. The maximum absolute atomic E-state index is 6.12. The summed E-state index contributed by atoms with van der Waals surface area (Å²) >= 11 is 0. The van der Waals surface area contributed by atoms with Gasteiger partial charge >= 0.3 is 0 Å². The zero-order valence-corrected chi connectivity index (χ0v) is 11.4. The van der Waals surface area contributed by atoms with E-state index >= 15 is 0 Å². The van der Waals surface area contributed by atoms with Crippen LogP contribution in [0.3, 0.4) is 0 Å². The van der Waals surface area contributed by atoms with Crippen LogP contribution in [-0.2, 0) is 7.05 Å². The second-order valence-electron chi connectivity index (χ2n) is 5.21. The number of piperazine rings is 1. The van der Waals surface area contributed by atoms with Crippen molar-refractivity contribution >= 4 is 11.5 Å². The van der Waals surface area contributed by atoms with Crippen molar-refractivity contribution < 1.29 is 0 Å². The summed E-state index contributed by atoms with van der Waals surface area (Å²) in [7, 11) is 4.15. The van der Waals surface area contributed by atoms with Crippen LogP contribution in [0.2, 0.25) is 0 Å². The van der Waals surface area contributed by atoms with E-state index in [2.05, 4.69) is 35.8 Å². The van der Waals surface area contributed by atoms with Crippen LogP contribution in [-0.4, -0.2) is 46.9 Å². The molecule has 2 atom stereocenters. The predicted molar refractivity (Wildman–Crippen MR) is 71.3 cm³/mol. The minimum absolute atomic E-state index is 0.536. The molecule has 2 rings (SSSR count). The van der Waals surface area contributed by atoms with E-state index in [4.69, 9.17) is 5.73 Å². The molecule has 1 aliphatic rings. The minimum atomic E-state index is 0.536. The lowest BCUT2D eigenvalue weighted by atomic mass is 10.1. The molecule has 5 nitrogen and oxygen atoms in total. The first kappa shape index (κ1) is 12.2. The number of rotatable bonds is 1. The normalized spacial score (nSPS) is 26.5. The number of hydrogen-bond acceptors (Lipinski definition) is 4. The molecule has 0 amide bonds. The molecule has 17 heavy (non-hydrogen) atoms. The Hall–Kier alpha value is -1.23. The number of aryl methyl sites for hydroxylation is 2. The number of nitrogen functional groups attached to an aromatic ring is 1. The average Bonchev–Trinajstić information content (AvgIpc) is 2.49. The number of aromatic nitrogens is 2. The Morgan fingerprint density at radius 1 is 1.18 bits per heavy atom. The Bertz CT molecular complexity index is 399. The van der Waals surface area contributed by atoms with Crippen molar-refractivity contribution in [2.45, 2.75) is 32.9 Å². The molecule has 0 aliphatic carbocycles. The first-order chi connectivity index (χ1) is 7.91. The molecule has 96 valence electrons. The summed E-state index contributed by atoms with van der Waals surface area (Å²) in [6, 6.07) is 1.07. The van der Waals surface area contributed by atoms with E-state index in [1.54, 1.807) is 0 Å². The summed E-state index contributed by atoms with van der Waals surface area (Å²) in [5, 5.41) is 4.39. The van der Waals surface area contributed by atoms with Crippen LogP contribution in [0.5, 0.6) is 0 Å². The van der Waals surface area contributed by atoms with Gasteiger partial charge in [0, 0.05) is 32.2 Å². The van der Waals surface area contributed by atoms with Gasteiger partial charge in [0.2, 0.25) is 0 Å². The van der Waals surface area contributed by atoms with Crippen molar-refractivity contribution in [3.05, 3.63) is 5.69 Å². The molecule has 0 bridgehead atoms. The average molecular weight is 237 g/mol. The van der Waals surface area contributed by atoms with Crippen LogP contribution in [0.1, 0.15) is 19.5 Å². The van der Waals surface area contributed by atoms with Gasteiger partial charge in [-0.15, -0.1) is 0 Å². The smallest absolute Gasteiger partial charge is 0.150 e. The van der Waals surface area contributed by atoms with Gasteiger partial charge in [-0.2, -0.15) is 5.10 Å². The molecular weight excluding hydrogens is 214 g/mol. The molecular formula is C12H23N5. The number of likely N-dealkylation sites (N-methyl/N-ethyl adjacent to an activating group) is 1. The lowest BCUT2D eigenvalue weighted by Gasteiger charge is -2.43. The highest BCUT2D eigenvalue weighted by molar-refractivity contribution is 5.66. The zero-order chi connectivity index (χ0) is 12.7. The van der Waals surface area contributed by atoms with E-state index in [0.717, 1.165) is 30.3 Å². The van der Waals surface area contributed by atoms with Crippen LogP contribution >= 0.6 is 0 Å². The van der Waals surface area contributed by atoms with Crippen molar-refractivity contribution in [1.29, 1.82) is 0 Å². The van der Waals surface area contributed by atoms with Crippen molar-refractivity contribution in [1.82, 2.24) is 14.7 Å². The SMILES string of the molecule is Cc1nn(C)c(N2CC(C)N(C)C(C)C2)c1N. The van der Waals surface area contributed by atoms with Gasteiger partial charge in [-0.1, -0.05) is 0 Å². The van der Waals surface area contributed by atoms with E-state index in [-0.39, 0.29) is 0 Å². The van der Waals surface area contributed by atoms with E-state index in [1.165, 1.54) is 0 Å². The van der Waals surface area contributed by atoms with E-state index in [1.807, 2.05) is 18.7 Å². The fraction of sp³-hybridized carbons (Fsp3) is 0.750. The standard InChI is InChI=1S/C12H23N5/c1-8-6-17(7-9(2)15(8)4)12-11(13)10(3)14-16(12)5/h8-9H,6-7,13H2,1-5H3. The summed E-state index contributed by atoms with van der Waals surface area (Å²) in [6.07, 6.45) is 0. The third-order valence-electron chi connectivity index (χ3n) is 3.90. The van der Waals surface area contributed by atoms with E-state index < -0.39 is 0 Å². The van der Waals surface area contributed by atoms with Crippen LogP contribution in [0.4, 0.5) is 11.5 Å². The molecule has 5 heteroatoms. The first-order valence-corrected chi connectivity index (χ1v) is 6.17. The van der Waals surface area contributed by atoms with Gasteiger partial charge in [0.05, 0.1) is 11.4 Å². The molecule has 1 aromatic heterocycles. The second kappa shape index (κ2) is 4.22. The molecule has 1 saturated heterocycles. The minimum Gasteiger partial charge on any atom is -0.394 e. The summed E-state index contributed by atoms with van der Waals surface area (Å²) in [5.41, 5.74) is 7.86. The van der Waals surface area contributed by atoms with Gasteiger partial charge in [-0.3, -0.25) is 9.58 Å². The molecule has 0 aromatic carbocycles. The van der Waals surface area contributed by atoms with Crippen molar-refractivity contribution in [2.24, 2.45) is 7.05 Å². The fourth-order valence-electron chi connectivity index (χ4n) is 2.61. The molecule has 0 radical (unpaired) electrons. The molecule has 2 unspecified atom stereocenters. The van der Waals surface area contributed by atoms with Gasteiger partial charge in [-0.05, 0) is 27.8 Å². The topological polar surface area (TPSA) is 50.3 Å². The lowest BCUT2D eigenvalue weighted by molar-refractivity contribution is 0.169. The Labute approximate surface area is 103 Å². The van der Waals surface area contributed by atoms with Crippen LogP contribution in [0, 0.1) is 6.92 Å². The Morgan fingerprint density at radius 2 is 1.71 bits per heavy atom.